The van der Waals surface area contributed by atoms with Crippen molar-refractivity contribution in [2.75, 3.05) is 6.54 Å². The third-order valence-corrected chi connectivity index (χ3v) is 2.81. The maximum Gasteiger partial charge on any atom is 0.0270 e. The summed E-state index contributed by atoms with van der Waals surface area (Å²) in [6, 6.07) is 4.81. The minimum Gasteiger partial charge on any atom is -0.313 e. The Balaban J connectivity index is 2.27. The fourth-order valence-corrected chi connectivity index (χ4v) is 1.80. The highest BCUT2D eigenvalue weighted by Crippen LogP contribution is 2.05. The van der Waals surface area contributed by atoms with Crippen LogP contribution in [-0.4, -0.2) is 17.6 Å². The molecule has 0 amide bonds. The second kappa shape index (κ2) is 6.57. The lowest BCUT2D eigenvalue weighted by Crippen LogP contribution is -2.34. The lowest BCUT2D eigenvalue weighted by Gasteiger charge is -2.20. The molecule has 1 unspecified atom stereocenters. The largest absolute Gasteiger partial charge is 0.313 e. The van der Waals surface area contributed by atoms with Crippen molar-refractivity contribution in [3.63, 3.8) is 0 Å². The van der Waals surface area contributed by atoms with Crippen LogP contribution in [0.4, 0.5) is 0 Å². The molecule has 2 nitrogen and oxygen atoms in total. The molecule has 1 aromatic heterocycles. The van der Waals surface area contributed by atoms with Gasteiger partial charge in [0, 0.05) is 18.4 Å². The average Bonchev–Trinajstić information content (AvgIpc) is 2.25. The van der Waals surface area contributed by atoms with Crippen molar-refractivity contribution in [2.45, 2.75) is 39.7 Å². The van der Waals surface area contributed by atoms with Crippen LogP contribution in [0.3, 0.4) is 0 Å². The zero-order valence-corrected chi connectivity index (χ0v) is 10.0. The van der Waals surface area contributed by atoms with Crippen molar-refractivity contribution in [3.05, 3.63) is 30.1 Å². The molecule has 0 aliphatic rings. The van der Waals surface area contributed by atoms with Gasteiger partial charge in [-0.2, -0.15) is 0 Å². The molecule has 1 aromatic rings. The standard InChI is InChI=1S/C13H22N2/c1-4-13(11(2)3)15-10-7-12-5-8-14-9-6-12/h5-6,8-9,11,13,15H,4,7,10H2,1-3H3. The molecule has 0 aliphatic carbocycles. The quantitative estimate of drug-likeness (QED) is 0.774. The third kappa shape index (κ3) is 4.43. The van der Waals surface area contributed by atoms with Crippen LogP contribution in [0.15, 0.2) is 24.5 Å². The summed E-state index contributed by atoms with van der Waals surface area (Å²) in [7, 11) is 0. The number of hydrogen-bond donors (Lipinski definition) is 1. The first kappa shape index (κ1) is 12.2. The molecule has 15 heavy (non-hydrogen) atoms. The summed E-state index contributed by atoms with van der Waals surface area (Å²) >= 11 is 0. The van der Waals surface area contributed by atoms with Crippen LogP contribution in [0.25, 0.3) is 0 Å². The highest BCUT2D eigenvalue weighted by Gasteiger charge is 2.08. The van der Waals surface area contributed by atoms with Gasteiger partial charge >= 0.3 is 0 Å². The minimum atomic E-state index is 0.645. The Kier molecular flexibility index (Phi) is 5.33. The highest BCUT2D eigenvalue weighted by molar-refractivity contribution is 5.09. The second-order valence-corrected chi connectivity index (χ2v) is 4.32. The van der Waals surface area contributed by atoms with Gasteiger partial charge in [-0.1, -0.05) is 20.8 Å². The molecule has 0 radical (unpaired) electrons. The second-order valence-electron chi connectivity index (χ2n) is 4.32. The van der Waals surface area contributed by atoms with Crippen molar-refractivity contribution < 1.29 is 0 Å². The molecule has 84 valence electrons. The van der Waals surface area contributed by atoms with Crippen molar-refractivity contribution in [1.82, 2.24) is 10.3 Å². The number of rotatable bonds is 6. The number of nitrogens with one attached hydrogen (secondary N) is 1. The molecular formula is C13H22N2. The summed E-state index contributed by atoms with van der Waals surface area (Å²) in [5.41, 5.74) is 1.36. The Labute approximate surface area is 93.1 Å². The molecule has 0 aliphatic heterocycles. The molecule has 0 spiro atoms. The normalized spacial score (nSPS) is 13.1. The maximum atomic E-state index is 4.01. The predicted molar refractivity (Wildman–Crippen MR) is 64.9 cm³/mol. The molecule has 1 heterocycles. The first-order chi connectivity index (χ1) is 7.24. The fourth-order valence-electron chi connectivity index (χ4n) is 1.80. The Bertz CT molecular complexity index is 256. The van der Waals surface area contributed by atoms with Crippen LogP contribution in [-0.2, 0) is 6.42 Å². The summed E-state index contributed by atoms with van der Waals surface area (Å²) in [6.45, 7) is 7.84. The van der Waals surface area contributed by atoms with Crippen LogP contribution < -0.4 is 5.32 Å². The average molecular weight is 206 g/mol. The van der Waals surface area contributed by atoms with Crippen LogP contribution >= 0.6 is 0 Å². The summed E-state index contributed by atoms with van der Waals surface area (Å²) in [5, 5.41) is 3.60. The maximum absolute atomic E-state index is 4.01. The molecule has 0 aromatic carbocycles. The van der Waals surface area contributed by atoms with E-state index in [-0.39, 0.29) is 0 Å². The Hall–Kier alpha value is -0.890. The van der Waals surface area contributed by atoms with Gasteiger partial charge in [0.05, 0.1) is 0 Å². The van der Waals surface area contributed by atoms with E-state index in [1.54, 1.807) is 0 Å². The van der Waals surface area contributed by atoms with Gasteiger partial charge < -0.3 is 5.32 Å². The van der Waals surface area contributed by atoms with Gasteiger partial charge in [-0.05, 0) is 43.0 Å². The number of aromatic nitrogens is 1. The first-order valence-electron chi connectivity index (χ1n) is 5.86. The summed E-state index contributed by atoms with van der Waals surface area (Å²) in [4.78, 5) is 4.01. The smallest absolute Gasteiger partial charge is 0.0270 e. The summed E-state index contributed by atoms with van der Waals surface area (Å²) in [6.07, 6.45) is 6.00. The number of pyridine rings is 1. The van der Waals surface area contributed by atoms with E-state index < -0.39 is 0 Å². The van der Waals surface area contributed by atoms with Gasteiger partial charge in [0.2, 0.25) is 0 Å². The van der Waals surface area contributed by atoms with E-state index in [1.807, 2.05) is 12.4 Å². The molecular weight excluding hydrogens is 184 g/mol. The topological polar surface area (TPSA) is 24.9 Å². The Morgan fingerprint density at radius 3 is 2.47 bits per heavy atom. The molecule has 1 N–H and O–H groups in total. The lowest BCUT2D eigenvalue weighted by molar-refractivity contribution is 0.391. The predicted octanol–water partition coefficient (Wildman–Crippen LogP) is 2.65. The van der Waals surface area contributed by atoms with Crippen LogP contribution in [0.5, 0.6) is 0 Å². The molecule has 1 atom stereocenters. The van der Waals surface area contributed by atoms with E-state index in [4.69, 9.17) is 0 Å². The van der Waals surface area contributed by atoms with Crippen LogP contribution in [0.2, 0.25) is 0 Å². The van der Waals surface area contributed by atoms with E-state index in [2.05, 4.69) is 43.2 Å². The van der Waals surface area contributed by atoms with Gasteiger partial charge in [0.1, 0.15) is 0 Å². The van der Waals surface area contributed by atoms with Crippen molar-refractivity contribution in [3.8, 4) is 0 Å². The van der Waals surface area contributed by atoms with Crippen molar-refractivity contribution in [2.24, 2.45) is 5.92 Å². The first-order valence-corrected chi connectivity index (χ1v) is 5.86. The van der Waals surface area contributed by atoms with E-state index in [0.717, 1.165) is 13.0 Å². The SMILES string of the molecule is CCC(NCCc1ccncc1)C(C)C. The highest BCUT2D eigenvalue weighted by atomic mass is 14.9. The van der Waals surface area contributed by atoms with E-state index >= 15 is 0 Å². The van der Waals surface area contributed by atoms with Gasteiger partial charge in [-0.15, -0.1) is 0 Å². The van der Waals surface area contributed by atoms with Gasteiger partial charge in [-0.3, -0.25) is 4.98 Å². The van der Waals surface area contributed by atoms with Crippen LogP contribution in [0, 0.1) is 5.92 Å². The zero-order chi connectivity index (χ0) is 11.1. The fraction of sp³-hybridized carbons (Fsp3) is 0.615. The van der Waals surface area contributed by atoms with E-state index in [9.17, 15) is 0 Å². The molecule has 0 saturated carbocycles. The van der Waals surface area contributed by atoms with Gasteiger partial charge in [0.25, 0.3) is 0 Å². The number of hydrogen-bond acceptors (Lipinski definition) is 2. The summed E-state index contributed by atoms with van der Waals surface area (Å²) in [5.74, 6) is 0.715. The zero-order valence-electron chi connectivity index (χ0n) is 10.0. The monoisotopic (exact) mass is 206 g/mol. The van der Waals surface area contributed by atoms with Gasteiger partial charge in [-0.25, -0.2) is 0 Å². The Morgan fingerprint density at radius 1 is 1.27 bits per heavy atom. The van der Waals surface area contributed by atoms with Crippen LogP contribution in [0.1, 0.15) is 32.8 Å². The summed E-state index contributed by atoms with van der Waals surface area (Å²) < 4.78 is 0. The van der Waals surface area contributed by atoms with Gasteiger partial charge in [0.15, 0.2) is 0 Å². The van der Waals surface area contributed by atoms with Crippen molar-refractivity contribution in [1.29, 1.82) is 0 Å². The molecule has 0 saturated heterocycles. The van der Waals surface area contributed by atoms with Crippen molar-refractivity contribution >= 4 is 0 Å². The minimum absolute atomic E-state index is 0.645. The van der Waals surface area contributed by atoms with E-state index in [1.165, 1.54) is 12.0 Å². The molecule has 0 bridgehead atoms. The molecule has 1 rings (SSSR count). The third-order valence-electron chi connectivity index (χ3n) is 2.81. The number of nitrogens with zero attached hydrogens (tertiary/aromatic N) is 1. The van der Waals surface area contributed by atoms with E-state index in [0.29, 0.717) is 12.0 Å². The molecule has 0 fully saturated rings. The Morgan fingerprint density at radius 2 is 1.93 bits per heavy atom. The molecule has 2 heteroatoms. The lowest BCUT2D eigenvalue weighted by atomic mass is 10.0.